The first-order valence-corrected chi connectivity index (χ1v) is 5.47. The summed E-state index contributed by atoms with van der Waals surface area (Å²) in [5.41, 5.74) is 9.04. The molecule has 0 aromatic carbocycles. The average molecular weight is 233 g/mol. The predicted molar refractivity (Wildman–Crippen MR) is 63.8 cm³/mol. The van der Waals surface area contributed by atoms with Crippen LogP contribution in [0.1, 0.15) is 13.8 Å². The van der Waals surface area contributed by atoms with Gasteiger partial charge in [0.1, 0.15) is 0 Å². The molecular formula is C12H15N3O2. The Balaban J connectivity index is 2.04. The van der Waals surface area contributed by atoms with Gasteiger partial charge in [0.25, 0.3) is 0 Å². The van der Waals surface area contributed by atoms with Crippen LogP contribution in [-0.4, -0.2) is 17.6 Å². The van der Waals surface area contributed by atoms with E-state index in [-0.39, 0.29) is 5.97 Å². The smallest absolute Gasteiger partial charge is 0.330 e. The van der Waals surface area contributed by atoms with Gasteiger partial charge in [-0.1, -0.05) is 6.08 Å². The van der Waals surface area contributed by atoms with Gasteiger partial charge in [-0.25, -0.2) is 4.79 Å². The molecule has 0 saturated carbocycles. The minimum Gasteiger partial charge on any atom is -0.463 e. The van der Waals surface area contributed by atoms with E-state index in [2.05, 4.69) is 11.0 Å². The first-order valence-electron chi connectivity index (χ1n) is 5.47. The Morgan fingerprint density at radius 3 is 3.12 bits per heavy atom. The van der Waals surface area contributed by atoms with Crippen molar-refractivity contribution in [3.05, 3.63) is 47.5 Å². The van der Waals surface area contributed by atoms with Gasteiger partial charge in [0, 0.05) is 12.3 Å². The number of carbonyl (C=O) groups excluding carboxylic acids is 1. The lowest BCUT2D eigenvalue weighted by Crippen LogP contribution is -2.34. The van der Waals surface area contributed by atoms with E-state index >= 15 is 0 Å². The van der Waals surface area contributed by atoms with Gasteiger partial charge in [0.2, 0.25) is 0 Å². The quantitative estimate of drug-likeness (QED) is 0.565. The van der Waals surface area contributed by atoms with E-state index in [1.54, 1.807) is 13.0 Å². The van der Waals surface area contributed by atoms with Crippen LogP contribution in [0.25, 0.3) is 0 Å². The fourth-order valence-corrected chi connectivity index (χ4v) is 1.58. The molecule has 2 aliphatic heterocycles. The number of hydrazine groups is 2. The second-order valence-electron chi connectivity index (χ2n) is 3.66. The van der Waals surface area contributed by atoms with Gasteiger partial charge in [0.15, 0.2) is 0 Å². The number of esters is 1. The van der Waals surface area contributed by atoms with Crippen LogP contribution < -0.4 is 11.0 Å². The predicted octanol–water partition coefficient (Wildman–Crippen LogP) is 1.12. The Morgan fingerprint density at radius 1 is 1.53 bits per heavy atom. The topological polar surface area (TPSA) is 53.6 Å². The molecule has 0 saturated heterocycles. The third-order valence-electron chi connectivity index (χ3n) is 2.42. The lowest BCUT2D eigenvalue weighted by molar-refractivity contribution is -0.137. The summed E-state index contributed by atoms with van der Waals surface area (Å²) in [4.78, 5) is 11.2. The Kier molecular flexibility index (Phi) is 3.30. The standard InChI is InChI=1S/C12H15N3O2/c1-3-17-12(16)7-5-10-4-6-11-9(2)13-14-15(11)8-10/h4-8,13-14H,3H2,1-2H3/b7-5+. The molecule has 2 aliphatic rings. The maximum absolute atomic E-state index is 11.2. The molecule has 0 radical (unpaired) electrons. The molecule has 0 spiro atoms. The normalized spacial score (nSPS) is 18.2. The van der Waals surface area contributed by atoms with Crippen molar-refractivity contribution in [1.29, 1.82) is 0 Å². The molecule has 0 bridgehead atoms. The summed E-state index contributed by atoms with van der Waals surface area (Å²) in [7, 11) is 0. The molecule has 5 nitrogen and oxygen atoms in total. The Morgan fingerprint density at radius 2 is 2.35 bits per heavy atom. The van der Waals surface area contributed by atoms with Crippen molar-refractivity contribution in [1.82, 2.24) is 16.0 Å². The van der Waals surface area contributed by atoms with Gasteiger partial charge < -0.3 is 10.2 Å². The Labute approximate surface area is 100 Å². The molecule has 0 fully saturated rings. The van der Waals surface area contributed by atoms with Crippen LogP contribution in [0, 0.1) is 0 Å². The second-order valence-corrected chi connectivity index (χ2v) is 3.66. The molecule has 17 heavy (non-hydrogen) atoms. The summed E-state index contributed by atoms with van der Waals surface area (Å²) < 4.78 is 4.81. The van der Waals surface area contributed by atoms with Crippen LogP contribution >= 0.6 is 0 Å². The molecule has 2 rings (SSSR count). The van der Waals surface area contributed by atoms with Crippen LogP contribution in [-0.2, 0) is 9.53 Å². The fraction of sp³-hybridized carbons (Fsp3) is 0.250. The molecule has 5 heteroatoms. The number of nitrogens with zero attached hydrogens (tertiary/aromatic N) is 1. The second kappa shape index (κ2) is 4.88. The Bertz CT molecular complexity index is 447. The maximum Gasteiger partial charge on any atom is 0.330 e. The van der Waals surface area contributed by atoms with Crippen LogP contribution in [0.2, 0.25) is 0 Å². The molecule has 0 aromatic rings. The number of hydrogen-bond donors (Lipinski definition) is 2. The van der Waals surface area contributed by atoms with Gasteiger partial charge in [-0.15, -0.1) is 5.53 Å². The summed E-state index contributed by atoms with van der Waals surface area (Å²) in [5, 5.41) is 1.86. The molecule has 2 heterocycles. The molecule has 0 amide bonds. The van der Waals surface area contributed by atoms with Crippen LogP contribution in [0.4, 0.5) is 0 Å². The van der Waals surface area contributed by atoms with E-state index in [4.69, 9.17) is 4.74 Å². The van der Waals surface area contributed by atoms with Crippen LogP contribution in [0.5, 0.6) is 0 Å². The fourth-order valence-electron chi connectivity index (χ4n) is 1.58. The van der Waals surface area contributed by atoms with Gasteiger partial charge in [-0.2, -0.15) is 0 Å². The van der Waals surface area contributed by atoms with Crippen molar-refractivity contribution in [2.24, 2.45) is 0 Å². The molecule has 2 N–H and O–H groups in total. The summed E-state index contributed by atoms with van der Waals surface area (Å²) in [6.07, 6.45) is 8.97. The number of nitrogens with one attached hydrogen (secondary N) is 2. The SMILES string of the molecule is CCOC(=O)/C=C/C1=CN2NNC(C)=C2C=C1. The summed E-state index contributed by atoms with van der Waals surface area (Å²) in [6, 6.07) is 0. The molecule has 0 aliphatic carbocycles. The first kappa shape index (κ1) is 11.5. The van der Waals surface area contributed by atoms with Crippen LogP contribution in [0.15, 0.2) is 47.5 Å². The largest absolute Gasteiger partial charge is 0.463 e. The first-order chi connectivity index (χ1) is 8.20. The number of rotatable bonds is 3. The van der Waals surface area contributed by atoms with E-state index in [1.807, 2.05) is 30.3 Å². The van der Waals surface area contributed by atoms with Gasteiger partial charge >= 0.3 is 5.97 Å². The molecule has 0 aromatic heterocycles. The monoisotopic (exact) mass is 233 g/mol. The van der Waals surface area contributed by atoms with Crippen molar-refractivity contribution >= 4 is 5.97 Å². The number of allylic oxidation sites excluding steroid dienone is 5. The highest BCUT2D eigenvalue weighted by Crippen LogP contribution is 2.20. The van der Waals surface area contributed by atoms with E-state index in [1.165, 1.54) is 6.08 Å². The highest BCUT2D eigenvalue weighted by molar-refractivity contribution is 5.82. The lowest BCUT2D eigenvalue weighted by atomic mass is 10.1. The summed E-state index contributed by atoms with van der Waals surface area (Å²) in [5.74, 6) is -0.327. The Hall–Kier alpha value is -2.01. The number of ether oxygens (including phenoxy) is 1. The lowest BCUT2D eigenvalue weighted by Gasteiger charge is -2.18. The molecule has 90 valence electrons. The number of hydrogen-bond acceptors (Lipinski definition) is 5. The van der Waals surface area contributed by atoms with Crippen molar-refractivity contribution in [3.63, 3.8) is 0 Å². The van der Waals surface area contributed by atoms with Gasteiger partial charge in [-0.05, 0) is 31.6 Å². The average Bonchev–Trinajstić information content (AvgIpc) is 2.69. The van der Waals surface area contributed by atoms with E-state index in [0.717, 1.165) is 17.0 Å². The summed E-state index contributed by atoms with van der Waals surface area (Å²) in [6.45, 7) is 4.16. The van der Waals surface area contributed by atoms with Crippen molar-refractivity contribution < 1.29 is 9.53 Å². The minimum absolute atomic E-state index is 0.327. The van der Waals surface area contributed by atoms with E-state index in [9.17, 15) is 4.79 Å². The van der Waals surface area contributed by atoms with Crippen molar-refractivity contribution in [2.75, 3.05) is 6.61 Å². The summed E-state index contributed by atoms with van der Waals surface area (Å²) >= 11 is 0. The molecule has 0 unspecified atom stereocenters. The third kappa shape index (κ3) is 2.57. The zero-order valence-electron chi connectivity index (χ0n) is 9.86. The van der Waals surface area contributed by atoms with E-state index in [0.29, 0.717) is 6.61 Å². The highest BCUT2D eigenvalue weighted by Gasteiger charge is 2.17. The van der Waals surface area contributed by atoms with Gasteiger partial charge in [-0.3, -0.25) is 5.01 Å². The molecule has 0 atom stereocenters. The number of fused-ring (bicyclic) bond motifs is 1. The zero-order valence-corrected chi connectivity index (χ0v) is 9.86. The number of carbonyl (C=O) groups is 1. The molecular weight excluding hydrogens is 218 g/mol. The zero-order chi connectivity index (χ0) is 12.3. The third-order valence-corrected chi connectivity index (χ3v) is 2.42. The maximum atomic E-state index is 11.2. The van der Waals surface area contributed by atoms with Gasteiger partial charge in [0.05, 0.1) is 18.0 Å². The van der Waals surface area contributed by atoms with E-state index < -0.39 is 0 Å². The highest BCUT2D eigenvalue weighted by atomic mass is 16.5. The minimum atomic E-state index is -0.327. The van der Waals surface area contributed by atoms with Crippen molar-refractivity contribution in [3.8, 4) is 0 Å². The van der Waals surface area contributed by atoms with Crippen molar-refractivity contribution in [2.45, 2.75) is 13.8 Å². The van der Waals surface area contributed by atoms with Crippen LogP contribution in [0.3, 0.4) is 0 Å².